The molecule has 6 atom stereocenters. The number of amides is 4. The summed E-state index contributed by atoms with van der Waals surface area (Å²) in [6.07, 6.45) is 0.176. The molecule has 4 amide bonds. The van der Waals surface area contributed by atoms with Gasteiger partial charge in [0.05, 0.1) is 31.3 Å². The summed E-state index contributed by atoms with van der Waals surface area (Å²) >= 11 is 0. The SMILES string of the molecule is COc1c(C[C@H](NC(=O)c2ccc(CN(C)C)c(NC(=O)[C@H](CNC(=O)OC(C)(C)C)NC(=O)OCc3ccccc3)c2)B2OC3CC4CC(C4(C)C)C3(C)O2)cccc1C(=O)OC(C)(C)C. The Hall–Kier alpha value is -5.65. The first-order valence-corrected chi connectivity index (χ1v) is 22.9. The maximum Gasteiger partial charge on any atom is 0.482 e. The molecule has 1 heterocycles. The van der Waals surface area contributed by atoms with Crippen LogP contribution in [0.5, 0.6) is 5.75 Å². The molecule has 0 aromatic heterocycles. The molecule has 4 aliphatic rings. The lowest BCUT2D eigenvalue weighted by molar-refractivity contribution is -0.199. The molecule has 0 radical (unpaired) electrons. The summed E-state index contributed by atoms with van der Waals surface area (Å²) in [4.78, 5) is 69.9. The fraction of sp³-hybridized carbons (Fsp3) is 0.540. The molecule has 3 aliphatic carbocycles. The van der Waals surface area contributed by atoms with Gasteiger partial charge in [0.15, 0.2) is 0 Å². The Morgan fingerprint density at radius 3 is 2.19 bits per heavy atom. The Balaban J connectivity index is 1.28. The van der Waals surface area contributed by atoms with Gasteiger partial charge in [0.25, 0.3) is 5.91 Å². The van der Waals surface area contributed by atoms with Crippen LogP contribution >= 0.6 is 0 Å². The number of hydrogen-bond acceptors (Lipinski definition) is 12. The molecule has 16 nitrogen and oxygen atoms in total. The highest BCUT2D eigenvalue weighted by molar-refractivity contribution is 6.48. The first-order valence-electron chi connectivity index (χ1n) is 22.9. The van der Waals surface area contributed by atoms with E-state index in [1.165, 1.54) is 7.11 Å². The summed E-state index contributed by atoms with van der Waals surface area (Å²) in [6, 6.07) is 17.9. The van der Waals surface area contributed by atoms with Gasteiger partial charge >= 0.3 is 25.3 Å². The van der Waals surface area contributed by atoms with Gasteiger partial charge in [-0.05, 0) is 134 Å². The zero-order chi connectivity index (χ0) is 49.1. The largest absolute Gasteiger partial charge is 0.496 e. The Kier molecular flexibility index (Phi) is 15.4. The zero-order valence-electron chi connectivity index (χ0n) is 41.0. The number of carbonyl (C=O) groups is 5. The van der Waals surface area contributed by atoms with Gasteiger partial charge in [0.1, 0.15) is 35.2 Å². The Morgan fingerprint density at radius 1 is 0.851 bits per heavy atom. The number of esters is 1. The van der Waals surface area contributed by atoms with E-state index in [-0.39, 0.29) is 48.1 Å². The number of hydrogen-bond donors (Lipinski definition) is 4. The molecule has 4 fully saturated rings. The minimum atomic E-state index is -1.33. The van der Waals surface area contributed by atoms with Crippen molar-refractivity contribution in [3.8, 4) is 5.75 Å². The highest BCUT2D eigenvalue weighted by atomic mass is 16.7. The lowest BCUT2D eigenvalue weighted by Crippen LogP contribution is -2.65. The van der Waals surface area contributed by atoms with Crippen molar-refractivity contribution >= 4 is 42.8 Å². The molecule has 67 heavy (non-hydrogen) atoms. The van der Waals surface area contributed by atoms with Crippen LogP contribution in [0.15, 0.2) is 66.7 Å². The second-order valence-corrected chi connectivity index (χ2v) is 20.9. The molecule has 4 unspecified atom stereocenters. The van der Waals surface area contributed by atoms with Gasteiger partial charge in [-0.3, -0.25) is 9.59 Å². The molecular formula is C50H68BN5O11. The predicted octanol–water partition coefficient (Wildman–Crippen LogP) is 7.08. The molecule has 1 saturated heterocycles. The molecule has 3 saturated carbocycles. The molecular weight excluding hydrogens is 857 g/mol. The maximum atomic E-state index is 14.6. The van der Waals surface area contributed by atoms with Crippen LogP contribution in [-0.2, 0) is 47.9 Å². The van der Waals surface area contributed by atoms with Crippen LogP contribution in [0.2, 0.25) is 0 Å². The standard InChI is InChI=1S/C50H68BN5O11/c1-47(2,3)64-44(59)35-20-16-19-31(41(35)62-12)24-40(51-66-39-26-34-25-38(49(34,7)8)50(39,9)67-51)55-42(57)32-21-22-33(28-56(10)11)36(23-32)53-43(58)37(27-52-45(60)65-48(4,5)6)54-46(61)63-29-30-17-14-13-15-18-30/h13-23,34,37-40H,24-29H2,1-12H3,(H,52,60)(H,53,58)(H,54,61)(H,55,57)/t34?,37-,38?,39?,40-,50?/m0/s1. The van der Waals surface area contributed by atoms with E-state index in [2.05, 4.69) is 42.0 Å². The van der Waals surface area contributed by atoms with E-state index in [9.17, 15) is 24.0 Å². The van der Waals surface area contributed by atoms with Crippen LogP contribution < -0.4 is 26.0 Å². The van der Waals surface area contributed by atoms with E-state index < -0.39 is 65.9 Å². The van der Waals surface area contributed by atoms with Crippen LogP contribution in [-0.4, -0.2) is 105 Å². The molecule has 3 aromatic rings. The second-order valence-electron chi connectivity index (χ2n) is 20.9. The zero-order valence-corrected chi connectivity index (χ0v) is 41.0. The lowest BCUT2D eigenvalue weighted by atomic mass is 9.43. The van der Waals surface area contributed by atoms with Crippen LogP contribution in [0.3, 0.4) is 0 Å². The average Bonchev–Trinajstić information content (AvgIpc) is 3.61. The quantitative estimate of drug-likeness (QED) is 0.0650. The highest BCUT2D eigenvalue weighted by Gasteiger charge is 2.68. The number of para-hydroxylation sites is 1. The van der Waals surface area contributed by atoms with Gasteiger partial charge in [-0.1, -0.05) is 62.4 Å². The monoisotopic (exact) mass is 926 g/mol. The van der Waals surface area contributed by atoms with E-state index in [0.717, 1.165) is 18.4 Å². The van der Waals surface area contributed by atoms with E-state index in [0.29, 0.717) is 35.0 Å². The van der Waals surface area contributed by atoms with E-state index in [1.54, 1.807) is 84.0 Å². The number of rotatable bonds is 16. The van der Waals surface area contributed by atoms with E-state index in [4.69, 9.17) is 28.3 Å². The number of benzene rings is 3. The van der Waals surface area contributed by atoms with Crippen molar-refractivity contribution in [3.63, 3.8) is 0 Å². The summed E-state index contributed by atoms with van der Waals surface area (Å²) in [5.74, 6) is -1.43. The fourth-order valence-electron chi connectivity index (χ4n) is 9.40. The van der Waals surface area contributed by atoms with E-state index in [1.807, 2.05) is 43.3 Å². The van der Waals surface area contributed by atoms with E-state index >= 15 is 0 Å². The van der Waals surface area contributed by atoms with Gasteiger partial charge in [0.2, 0.25) is 5.91 Å². The summed E-state index contributed by atoms with van der Waals surface area (Å²) < 4.78 is 36.0. The third kappa shape index (κ3) is 12.5. The van der Waals surface area contributed by atoms with Crippen LogP contribution in [0.4, 0.5) is 15.3 Å². The minimum Gasteiger partial charge on any atom is -0.496 e. The predicted molar refractivity (Wildman–Crippen MR) is 253 cm³/mol. The number of carbonyl (C=O) groups excluding carboxylic acids is 5. The summed E-state index contributed by atoms with van der Waals surface area (Å²) in [5.41, 5.74) is 0.710. The van der Waals surface area contributed by atoms with Gasteiger partial charge in [-0.2, -0.15) is 0 Å². The summed E-state index contributed by atoms with van der Waals surface area (Å²) in [7, 11) is 4.36. The molecule has 7 rings (SSSR count). The third-order valence-corrected chi connectivity index (χ3v) is 12.8. The molecule has 1 aliphatic heterocycles. The highest BCUT2D eigenvalue weighted by Crippen LogP contribution is 2.65. The smallest absolute Gasteiger partial charge is 0.482 e. The van der Waals surface area contributed by atoms with Gasteiger partial charge in [-0.25, -0.2) is 14.4 Å². The number of methoxy groups -OCH3 is 1. The summed E-state index contributed by atoms with van der Waals surface area (Å²) in [5, 5.41) is 11.2. The Morgan fingerprint density at radius 2 is 1.55 bits per heavy atom. The number of alkyl carbamates (subject to hydrolysis) is 2. The Bertz CT molecular complexity index is 2300. The number of nitrogens with one attached hydrogen (secondary N) is 4. The molecule has 362 valence electrons. The normalized spacial score (nSPS) is 21.4. The van der Waals surface area contributed by atoms with Crippen LogP contribution in [0.1, 0.15) is 113 Å². The Labute approximate surface area is 395 Å². The topological polar surface area (TPSA) is 192 Å². The van der Waals surface area contributed by atoms with Crippen molar-refractivity contribution in [1.82, 2.24) is 20.9 Å². The van der Waals surface area contributed by atoms with Crippen molar-refractivity contribution in [2.75, 3.05) is 33.1 Å². The molecule has 4 N–H and O–H groups in total. The number of anilines is 1. The first-order chi connectivity index (χ1) is 31.4. The van der Waals surface area contributed by atoms with Crippen molar-refractivity contribution < 1.29 is 52.2 Å². The fourth-order valence-corrected chi connectivity index (χ4v) is 9.40. The second kappa shape index (κ2) is 20.3. The van der Waals surface area contributed by atoms with Gasteiger partial charge < -0.3 is 54.4 Å². The van der Waals surface area contributed by atoms with Crippen LogP contribution in [0, 0.1) is 17.3 Å². The summed E-state index contributed by atoms with van der Waals surface area (Å²) in [6.45, 7) is 17.1. The van der Waals surface area contributed by atoms with Crippen molar-refractivity contribution in [3.05, 3.63) is 94.5 Å². The molecule has 3 aromatic carbocycles. The number of ether oxygens (including phenoxy) is 4. The minimum absolute atomic E-state index is 0.0521. The van der Waals surface area contributed by atoms with Crippen LogP contribution in [0.25, 0.3) is 0 Å². The number of nitrogens with zero attached hydrogens (tertiary/aromatic N) is 1. The van der Waals surface area contributed by atoms with Crippen molar-refractivity contribution in [2.24, 2.45) is 17.3 Å². The van der Waals surface area contributed by atoms with Crippen molar-refractivity contribution in [2.45, 2.75) is 130 Å². The average molecular weight is 926 g/mol. The van der Waals surface area contributed by atoms with Gasteiger partial charge in [-0.15, -0.1) is 0 Å². The third-order valence-electron chi connectivity index (χ3n) is 12.8. The molecule has 0 spiro atoms. The maximum absolute atomic E-state index is 14.6. The molecule has 2 bridgehead atoms. The lowest BCUT2D eigenvalue weighted by Gasteiger charge is -2.64. The van der Waals surface area contributed by atoms with Crippen molar-refractivity contribution in [1.29, 1.82) is 0 Å². The van der Waals surface area contributed by atoms with Gasteiger partial charge in [0, 0.05) is 17.8 Å². The first kappa shape index (κ1) is 50.8. The molecule has 17 heteroatoms.